The number of carbonyl (C=O) groups is 1. The molecule has 2 atom stereocenters. The molecule has 1 aromatic carbocycles. The Bertz CT molecular complexity index is 477. The van der Waals surface area contributed by atoms with Crippen molar-refractivity contribution in [3.63, 3.8) is 0 Å². The predicted octanol–water partition coefficient (Wildman–Crippen LogP) is 3.35. The maximum absolute atomic E-state index is 11.2. The lowest BCUT2D eigenvalue weighted by atomic mass is 9.90. The van der Waals surface area contributed by atoms with Gasteiger partial charge in [0.1, 0.15) is 0 Å². The molecule has 0 saturated carbocycles. The quantitative estimate of drug-likeness (QED) is 0.922. The van der Waals surface area contributed by atoms with Gasteiger partial charge in [0.15, 0.2) is 0 Å². The number of hydrogen-bond donors (Lipinski definition) is 1. The van der Waals surface area contributed by atoms with Crippen LogP contribution in [0, 0.1) is 5.41 Å². The Labute approximate surface area is 122 Å². The largest absolute Gasteiger partial charge is 0.481 e. The van der Waals surface area contributed by atoms with E-state index in [0.29, 0.717) is 12.5 Å². The minimum Gasteiger partial charge on any atom is -0.481 e. The molecule has 1 saturated heterocycles. The third-order valence-electron chi connectivity index (χ3n) is 4.02. The van der Waals surface area contributed by atoms with Crippen LogP contribution in [0.1, 0.15) is 31.7 Å². The Morgan fingerprint density at radius 2 is 2.32 bits per heavy atom. The van der Waals surface area contributed by atoms with Crippen molar-refractivity contribution < 1.29 is 9.90 Å². The Balaban J connectivity index is 1.98. The normalized spacial score (nSPS) is 25.4. The van der Waals surface area contributed by atoms with E-state index in [2.05, 4.69) is 39.9 Å². The van der Waals surface area contributed by atoms with Crippen molar-refractivity contribution in [1.29, 1.82) is 0 Å². The molecule has 1 fully saturated rings. The fraction of sp³-hybridized carbons (Fsp3) is 0.533. The van der Waals surface area contributed by atoms with Gasteiger partial charge in [0.25, 0.3) is 0 Å². The molecule has 1 aromatic rings. The molecule has 0 bridgehead atoms. The van der Waals surface area contributed by atoms with Crippen molar-refractivity contribution in [2.75, 3.05) is 19.6 Å². The second-order valence-electron chi connectivity index (χ2n) is 5.81. The zero-order valence-electron chi connectivity index (χ0n) is 11.4. The van der Waals surface area contributed by atoms with Crippen LogP contribution < -0.4 is 0 Å². The molecule has 0 amide bonds. The number of aliphatic carboxylic acids is 1. The third-order valence-corrected chi connectivity index (χ3v) is 4.51. The van der Waals surface area contributed by atoms with Gasteiger partial charge < -0.3 is 10.0 Å². The lowest BCUT2D eigenvalue weighted by molar-refractivity contribution is -0.147. The Morgan fingerprint density at radius 1 is 1.58 bits per heavy atom. The van der Waals surface area contributed by atoms with Gasteiger partial charge in [0, 0.05) is 17.6 Å². The van der Waals surface area contributed by atoms with Gasteiger partial charge in [-0.3, -0.25) is 4.79 Å². The average Bonchev–Trinajstić information content (AvgIpc) is 2.72. The van der Waals surface area contributed by atoms with Crippen molar-refractivity contribution in [1.82, 2.24) is 4.90 Å². The summed E-state index contributed by atoms with van der Waals surface area (Å²) in [5.41, 5.74) is 0.718. The first-order valence-corrected chi connectivity index (χ1v) is 7.41. The van der Waals surface area contributed by atoms with E-state index in [1.807, 2.05) is 19.1 Å². The van der Waals surface area contributed by atoms with Crippen LogP contribution in [0.25, 0.3) is 0 Å². The summed E-state index contributed by atoms with van der Waals surface area (Å²) in [6, 6.07) is 8.33. The van der Waals surface area contributed by atoms with Gasteiger partial charge in [0.2, 0.25) is 0 Å². The summed E-state index contributed by atoms with van der Waals surface area (Å²) >= 11 is 3.49. The van der Waals surface area contributed by atoms with Gasteiger partial charge in [-0.2, -0.15) is 0 Å². The van der Waals surface area contributed by atoms with Gasteiger partial charge in [-0.05, 0) is 43.5 Å². The first-order valence-electron chi connectivity index (χ1n) is 6.62. The van der Waals surface area contributed by atoms with Gasteiger partial charge in [-0.1, -0.05) is 35.0 Å². The van der Waals surface area contributed by atoms with E-state index >= 15 is 0 Å². The van der Waals surface area contributed by atoms with Crippen LogP contribution in [-0.2, 0) is 4.79 Å². The van der Waals surface area contributed by atoms with Crippen LogP contribution in [0.15, 0.2) is 28.7 Å². The zero-order valence-corrected chi connectivity index (χ0v) is 13.0. The van der Waals surface area contributed by atoms with E-state index in [-0.39, 0.29) is 0 Å². The molecule has 2 unspecified atom stereocenters. The predicted molar refractivity (Wildman–Crippen MR) is 79.4 cm³/mol. The molecule has 1 N–H and O–H groups in total. The number of nitrogens with zero attached hydrogens (tertiary/aromatic N) is 1. The fourth-order valence-electron chi connectivity index (χ4n) is 2.69. The summed E-state index contributed by atoms with van der Waals surface area (Å²) in [5.74, 6) is -0.265. The molecule has 1 aliphatic heterocycles. The van der Waals surface area contributed by atoms with Crippen LogP contribution in [0.5, 0.6) is 0 Å². The summed E-state index contributed by atoms with van der Waals surface area (Å²) in [5, 5.41) is 9.24. The maximum Gasteiger partial charge on any atom is 0.310 e. The standard InChI is InChI=1S/C15H20BrNO2/c1-11(12-4-3-5-13(16)8-12)9-17-7-6-15(2,10-17)14(18)19/h3-5,8,11H,6-7,9-10H2,1-2H3,(H,18,19). The molecule has 104 valence electrons. The van der Waals surface area contributed by atoms with Crippen molar-refractivity contribution in [2.24, 2.45) is 5.41 Å². The minimum atomic E-state index is -0.676. The monoisotopic (exact) mass is 325 g/mol. The molecule has 0 aliphatic carbocycles. The Kier molecular flexibility index (Phi) is 4.31. The fourth-order valence-corrected chi connectivity index (χ4v) is 3.11. The molecule has 2 rings (SSSR count). The van der Waals surface area contributed by atoms with Gasteiger partial charge in [0.05, 0.1) is 5.41 Å². The number of rotatable bonds is 4. The van der Waals surface area contributed by atoms with Crippen molar-refractivity contribution >= 4 is 21.9 Å². The number of halogens is 1. The summed E-state index contributed by atoms with van der Waals surface area (Å²) in [6.45, 7) is 6.48. The smallest absolute Gasteiger partial charge is 0.310 e. The number of benzene rings is 1. The average molecular weight is 326 g/mol. The van der Waals surface area contributed by atoms with Gasteiger partial charge >= 0.3 is 5.97 Å². The molecule has 0 radical (unpaired) electrons. The zero-order chi connectivity index (χ0) is 14.0. The topological polar surface area (TPSA) is 40.5 Å². The first-order chi connectivity index (χ1) is 8.90. The number of likely N-dealkylation sites (tertiary alicyclic amines) is 1. The lowest BCUT2D eigenvalue weighted by Crippen LogP contribution is -2.33. The molecule has 0 spiro atoms. The number of carboxylic acids is 1. The minimum absolute atomic E-state index is 0.411. The highest BCUT2D eigenvalue weighted by molar-refractivity contribution is 9.10. The Hall–Kier alpha value is -0.870. The highest BCUT2D eigenvalue weighted by Crippen LogP contribution is 2.31. The van der Waals surface area contributed by atoms with Crippen molar-refractivity contribution in [3.05, 3.63) is 34.3 Å². The van der Waals surface area contributed by atoms with E-state index in [1.165, 1.54) is 5.56 Å². The van der Waals surface area contributed by atoms with Crippen molar-refractivity contribution in [2.45, 2.75) is 26.2 Å². The highest BCUT2D eigenvalue weighted by Gasteiger charge is 2.40. The third kappa shape index (κ3) is 3.37. The van der Waals surface area contributed by atoms with Gasteiger partial charge in [-0.15, -0.1) is 0 Å². The van der Waals surface area contributed by atoms with Crippen LogP contribution in [-0.4, -0.2) is 35.6 Å². The summed E-state index contributed by atoms with van der Waals surface area (Å²) in [4.78, 5) is 13.5. The molecule has 1 aliphatic rings. The number of hydrogen-bond acceptors (Lipinski definition) is 2. The van der Waals surface area contributed by atoms with E-state index in [1.54, 1.807) is 0 Å². The van der Waals surface area contributed by atoms with Crippen LogP contribution in [0.2, 0.25) is 0 Å². The highest BCUT2D eigenvalue weighted by atomic mass is 79.9. The van der Waals surface area contributed by atoms with E-state index in [0.717, 1.165) is 24.0 Å². The van der Waals surface area contributed by atoms with Gasteiger partial charge in [-0.25, -0.2) is 0 Å². The second-order valence-corrected chi connectivity index (χ2v) is 6.72. The molecule has 4 heteroatoms. The SMILES string of the molecule is CC(CN1CCC(C)(C(=O)O)C1)c1cccc(Br)c1. The first kappa shape index (κ1) is 14.5. The molecular weight excluding hydrogens is 306 g/mol. The van der Waals surface area contributed by atoms with E-state index in [9.17, 15) is 9.90 Å². The van der Waals surface area contributed by atoms with Crippen LogP contribution in [0.3, 0.4) is 0 Å². The molecule has 1 heterocycles. The second kappa shape index (κ2) is 5.63. The maximum atomic E-state index is 11.2. The van der Waals surface area contributed by atoms with E-state index in [4.69, 9.17) is 0 Å². The van der Waals surface area contributed by atoms with Crippen LogP contribution >= 0.6 is 15.9 Å². The molecule has 3 nitrogen and oxygen atoms in total. The molecule has 0 aromatic heterocycles. The summed E-state index contributed by atoms with van der Waals surface area (Å²) in [7, 11) is 0. The number of carboxylic acid groups (broad SMARTS) is 1. The summed E-state index contributed by atoms with van der Waals surface area (Å²) < 4.78 is 1.09. The lowest BCUT2D eigenvalue weighted by Gasteiger charge is -2.23. The van der Waals surface area contributed by atoms with E-state index < -0.39 is 11.4 Å². The summed E-state index contributed by atoms with van der Waals surface area (Å²) in [6.07, 6.45) is 0.744. The Morgan fingerprint density at radius 3 is 2.89 bits per heavy atom. The van der Waals surface area contributed by atoms with Crippen LogP contribution in [0.4, 0.5) is 0 Å². The van der Waals surface area contributed by atoms with Crippen molar-refractivity contribution in [3.8, 4) is 0 Å². The molecular formula is C15H20BrNO2. The molecule has 19 heavy (non-hydrogen) atoms.